The Morgan fingerprint density at radius 3 is 2.42 bits per heavy atom. The highest BCUT2D eigenvalue weighted by molar-refractivity contribution is 7.92. The second-order valence-corrected chi connectivity index (χ2v) is 12.6. The van der Waals surface area contributed by atoms with E-state index in [1.54, 1.807) is 30.0 Å². The summed E-state index contributed by atoms with van der Waals surface area (Å²) in [7, 11) is -3.59. The summed E-state index contributed by atoms with van der Waals surface area (Å²) in [5, 5.41) is 3.64. The van der Waals surface area contributed by atoms with Crippen LogP contribution >= 0.6 is 11.6 Å². The van der Waals surface area contributed by atoms with Crippen molar-refractivity contribution in [2.75, 3.05) is 17.1 Å². The summed E-state index contributed by atoms with van der Waals surface area (Å²) in [6.45, 7) is 6.15. The van der Waals surface area contributed by atoms with Crippen LogP contribution < -0.4 is 9.62 Å². The van der Waals surface area contributed by atoms with Crippen molar-refractivity contribution in [1.29, 1.82) is 0 Å². The predicted molar refractivity (Wildman–Crippen MR) is 154 cm³/mol. The van der Waals surface area contributed by atoms with Gasteiger partial charge >= 0.3 is 0 Å². The van der Waals surface area contributed by atoms with Crippen molar-refractivity contribution in [2.24, 2.45) is 0 Å². The van der Waals surface area contributed by atoms with E-state index in [9.17, 15) is 18.0 Å². The third kappa shape index (κ3) is 7.96. The van der Waals surface area contributed by atoms with Crippen LogP contribution in [0.15, 0.2) is 42.5 Å². The van der Waals surface area contributed by atoms with Crippen molar-refractivity contribution in [3.63, 3.8) is 0 Å². The van der Waals surface area contributed by atoms with Crippen LogP contribution in [0.4, 0.5) is 5.69 Å². The molecule has 1 unspecified atom stereocenters. The minimum Gasteiger partial charge on any atom is -0.352 e. The fraction of sp³-hybridized carbons (Fsp3) is 0.517. The monoisotopic (exact) mass is 561 g/mol. The Morgan fingerprint density at radius 2 is 1.79 bits per heavy atom. The molecule has 0 aromatic heterocycles. The quantitative estimate of drug-likeness (QED) is 0.377. The molecule has 2 aromatic rings. The molecular weight excluding hydrogens is 522 g/mol. The number of benzene rings is 2. The molecule has 38 heavy (non-hydrogen) atoms. The molecule has 1 fully saturated rings. The minimum atomic E-state index is -3.59. The van der Waals surface area contributed by atoms with Crippen LogP contribution in [0.5, 0.6) is 0 Å². The van der Waals surface area contributed by atoms with Gasteiger partial charge in [-0.15, -0.1) is 0 Å². The molecule has 2 aromatic carbocycles. The average molecular weight is 562 g/mol. The van der Waals surface area contributed by atoms with E-state index in [4.69, 9.17) is 11.6 Å². The Labute approximate surface area is 232 Å². The molecule has 7 nitrogen and oxygen atoms in total. The summed E-state index contributed by atoms with van der Waals surface area (Å²) >= 11 is 6.24. The third-order valence-corrected chi connectivity index (χ3v) is 8.77. The molecule has 1 atom stereocenters. The Kier molecular flexibility index (Phi) is 10.6. The van der Waals surface area contributed by atoms with Crippen molar-refractivity contribution in [3.8, 4) is 0 Å². The lowest BCUT2D eigenvalue weighted by Crippen LogP contribution is -2.51. The first-order valence-electron chi connectivity index (χ1n) is 13.4. The van der Waals surface area contributed by atoms with Crippen molar-refractivity contribution in [1.82, 2.24) is 10.2 Å². The van der Waals surface area contributed by atoms with Crippen LogP contribution in [0.2, 0.25) is 5.02 Å². The summed E-state index contributed by atoms with van der Waals surface area (Å²) in [4.78, 5) is 28.6. The normalized spacial score (nSPS) is 14.8. The van der Waals surface area contributed by atoms with Gasteiger partial charge in [0.1, 0.15) is 6.04 Å². The topological polar surface area (TPSA) is 86.8 Å². The highest BCUT2D eigenvalue weighted by Crippen LogP contribution is 2.28. The number of nitrogens with zero attached hydrogens (tertiary/aromatic N) is 2. The van der Waals surface area contributed by atoms with Gasteiger partial charge in [0.25, 0.3) is 0 Å². The van der Waals surface area contributed by atoms with Gasteiger partial charge in [-0.05, 0) is 62.8 Å². The molecule has 0 heterocycles. The van der Waals surface area contributed by atoms with E-state index in [0.717, 1.165) is 43.1 Å². The van der Waals surface area contributed by atoms with E-state index in [0.29, 0.717) is 35.7 Å². The third-order valence-electron chi connectivity index (χ3n) is 7.18. The van der Waals surface area contributed by atoms with Crippen molar-refractivity contribution in [3.05, 3.63) is 64.2 Å². The summed E-state index contributed by atoms with van der Waals surface area (Å²) in [5.41, 5.74) is 3.21. The van der Waals surface area contributed by atoms with Gasteiger partial charge in [-0.1, -0.05) is 67.3 Å². The van der Waals surface area contributed by atoms with Gasteiger partial charge in [-0.25, -0.2) is 8.42 Å². The van der Waals surface area contributed by atoms with Gasteiger partial charge in [0.05, 0.1) is 11.9 Å². The lowest BCUT2D eigenvalue weighted by molar-refractivity contribution is -0.141. The van der Waals surface area contributed by atoms with E-state index < -0.39 is 16.1 Å². The fourth-order valence-electron chi connectivity index (χ4n) is 5.14. The molecule has 1 aliphatic rings. The molecule has 208 valence electrons. The van der Waals surface area contributed by atoms with Gasteiger partial charge in [-0.2, -0.15) is 0 Å². The maximum absolute atomic E-state index is 13.6. The van der Waals surface area contributed by atoms with Crippen molar-refractivity contribution >= 4 is 39.1 Å². The summed E-state index contributed by atoms with van der Waals surface area (Å²) in [6.07, 6.45) is 6.23. The summed E-state index contributed by atoms with van der Waals surface area (Å²) < 4.78 is 26.5. The first kappa shape index (κ1) is 30.0. The van der Waals surface area contributed by atoms with E-state index in [1.165, 1.54) is 4.31 Å². The SMILES string of the molecule is CCC(C(=O)NC1CCCC1)N(Cc1cccc(C)c1)C(=O)CCCN(c1cccc(Cl)c1C)S(C)(=O)=O. The predicted octanol–water partition coefficient (Wildman–Crippen LogP) is 5.37. The molecule has 1 saturated carbocycles. The van der Waals surface area contributed by atoms with Crippen molar-refractivity contribution in [2.45, 2.75) is 84.3 Å². The zero-order chi connectivity index (χ0) is 27.9. The van der Waals surface area contributed by atoms with E-state index in [2.05, 4.69) is 5.32 Å². The van der Waals surface area contributed by atoms with E-state index in [-0.39, 0.29) is 30.8 Å². The molecule has 2 amide bonds. The number of hydrogen-bond donors (Lipinski definition) is 1. The lowest BCUT2D eigenvalue weighted by atomic mass is 10.1. The number of nitrogens with one attached hydrogen (secondary N) is 1. The van der Waals surface area contributed by atoms with Gasteiger partial charge < -0.3 is 10.2 Å². The van der Waals surface area contributed by atoms with Crippen LogP contribution in [0.25, 0.3) is 0 Å². The van der Waals surface area contributed by atoms with Crippen LogP contribution in [0, 0.1) is 13.8 Å². The number of rotatable bonds is 12. The van der Waals surface area contributed by atoms with E-state index in [1.807, 2.05) is 38.1 Å². The highest BCUT2D eigenvalue weighted by atomic mass is 35.5. The number of carbonyl (C=O) groups excluding carboxylic acids is 2. The van der Waals surface area contributed by atoms with Crippen LogP contribution in [-0.2, 0) is 26.2 Å². The molecule has 0 bridgehead atoms. The maximum Gasteiger partial charge on any atom is 0.243 e. The number of halogens is 1. The Balaban J connectivity index is 1.78. The molecule has 1 aliphatic carbocycles. The van der Waals surface area contributed by atoms with Gasteiger partial charge in [0.15, 0.2) is 0 Å². The van der Waals surface area contributed by atoms with Crippen LogP contribution in [0.3, 0.4) is 0 Å². The standard InChI is InChI=1S/C29H40ClN3O4S/c1-5-26(29(35)31-24-13-6-7-14-24)32(20-23-12-8-11-21(2)19-23)28(34)17-10-18-33(38(4,36)37)27-16-9-15-25(30)22(27)3/h8-9,11-12,15-16,19,24,26H,5-7,10,13-14,17-18,20H2,1-4H3,(H,31,35). The Bertz CT molecular complexity index is 1230. The lowest BCUT2D eigenvalue weighted by Gasteiger charge is -2.32. The summed E-state index contributed by atoms with van der Waals surface area (Å²) in [5.74, 6) is -0.288. The Morgan fingerprint density at radius 1 is 1.11 bits per heavy atom. The van der Waals surface area contributed by atoms with E-state index >= 15 is 0 Å². The highest BCUT2D eigenvalue weighted by Gasteiger charge is 2.31. The first-order chi connectivity index (χ1) is 18.0. The number of aryl methyl sites for hydroxylation is 1. The summed E-state index contributed by atoms with van der Waals surface area (Å²) in [6, 6.07) is 12.6. The second kappa shape index (κ2) is 13.5. The Hall–Kier alpha value is -2.58. The van der Waals surface area contributed by atoms with Crippen LogP contribution in [0.1, 0.15) is 68.6 Å². The van der Waals surface area contributed by atoms with Gasteiger partial charge in [0, 0.05) is 30.6 Å². The molecule has 0 aliphatic heterocycles. The number of amides is 2. The average Bonchev–Trinajstić information content (AvgIpc) is 3.36. The van der Waals surface area contributed by atoms with Gasteiger partial charge in [-0.3, -0.25) is 13.9 Å². The fourth-order valence-corrected chi connectivity index (χ4v) is 6.33. The maximum atomic E-state index is 13.6. The molecular formula is C29H40ClN3O4S. The smallest absolute Gasteiger partial charge is 0.243 e. The minimum absolute atomic E-state index is 0.116. The molecule has 3 rings (SSSR count). The number of anilines is 1. The number of hydrogen-bond acceptors (Lipinski definition) is 4. The van der Waals surface area contributed by atoms with Gasteiger partial charge in [0.2, 0.25) is 21.8 Å². The van der Waals surface area contributed by atoms with Crippen molar-refractivity contribution < 1.29 is 18.0 Å². The molecule has 0 saturated heterocycles. The first-order valence-corrected chi connectivity index (χ1v) is 15.6. The molecule has 0 radical (unpaired) electrons. The largest absolute Gasteiger partial charge is 0.352 e. The molecule has 9 heteroatoms. The molecule has 0 spiro atoms. The zero-order valence-electron chi connectivity index (χ0n) is 22.9. The second-order valence-electron chi connectivity index (χ2n) is 10.2. The number of sulfonamides is 1. The van der Waals surface area contributed by atoms with Crippen LogP contribution in [-0.4, -0.2) is 50.0 Å². The zero-order valence-corrected chi connectivity index (χ0v) is 24.4. The molecule has 1 N–H and O–H groups in total. The number of carbonyl (C=O) groups is 2.